The Morgan fingerprint density at radius 1 is 1.32 bits per heavy atom. The van der Waals surface area contributed by atoms with Gasteiger partial charge in [0.15, 0.2) is 0 Å². The number of hydrogen-bond acceptors (Lipinski definition) is 3. The van der Waals surface area contributed by atoms with E-state index < -0.39 is 18.0 Å². The van der Waals surface area contributed by atoms with Crippen LogP contribution in [0, 0.1) is 11.8 Å². The van der Waals surface area contributed by atoms with E-state index in [9.17, 15) is 9.59 Å². The summed E-state index contributed by atoms with van der Waals surface area (Å²) in [6.45, 7) is 5.90. The molecule has 0 radical (unpaired) electrons. The van der Waals surface area contributed by atoms with Crippen LogP contribution in [0.4, 0.5) is 4.79 Å². The number of aliphatic carboxylic acids is 1. The highest BCUT2D eigenvalue weighted by atomic mass is 16.5. The Morgan fingerprint density at radius 3 is 2.47 bits per heavy atom. The molecule has 1 saturated heterocycles. The predicted octanol–water partition coefficient (Wildman–Crippen LogP) is 1.21. The van der Waals surface area contributed by atoms with E-state index in [1.54, 1.807) is 0 Å². The molecule has 6 nitrogen and oxygen atoms in total. The predicted molar refractivity (Wildman–Crippen MR) is 71.0 cm³/mol. The van der Waals surface area contributed by atoms with Crippen molar-refractivity contribution in [1.82, 2.24) is 10.6 Å². The highest BCUT2D eigenvalue weighted by Crippen LogP contribution is 2.13. The van der Waals surface area contributed by atoms with Crippen LogP contribution in [-0.2, 0) is 9.53 Å². The average Bonchev–Trinajstić information content (AvgIpc) is 2.36. The molecule has 110 valence electrons. The molecule has 1 aliphatic rings. The third kappa shape index (κ3) is 6.42. The van der Waals surface area contributed by atoms with Crippen LogP contribution in [0.2, 0.25) is 0 Å². The molecule has 0 bridgehead atoms. The number of nitrogens with one attached hydrogen (secondary N) is 2. The first-order valence-corrected chi connectivity index (χ1v) is 6.84. The molecule has 0 aliphatic carbocycles. The van der Waals surface area contributed by atoms with E-state index >= 15 is 0 Å². The summed E-state index contributed by atoms with van der Waals surface area (Å²) in [4.78, 5) is 22.7. The summed E-state index contributed by atoms with van der Waals surface area (Å²) >= 11 is 0. The molecule has 1 heterocycles. The van der Waals surface area contributed by atoms with E-state index in [1.165, 1.54) is 0 Å². The van der Waals surface area contributed by atoms with Crippen LogP contribution in [0.5, 0.6) is 0 Å². The van der Waals surface area contributed by atoms with Gasteiger partial charge in [0.05, 0.1) is 0 Å². The minimum absolute atomic E-state index is 0.219. The normalized spacial score (nSPS) is 18.1. The summed E-state index contributed by atoms with van der Waals surface area (Å²) in [7, 11) is 0. The van der Waals surface area contributed by atoms with Crippen molar-refractivity contribution in [3.8, 4) is 0 Å². The lowest BCUT2D eigenvalue weighted by Gasteiger charge is -2.23. The summed E-state index contributed by atoms with van der Waals surface area (Å²) < 4.78 is 5.24. The molecule has 3 N–H and O–H groups in total. The van der Waals surface area contributed by atoms with E-state index in [1.807, 2.05) is 13.8 Å². The maximum atomic E-state index is 11.7. The zero-order chi connectivity index (χ0) is 14.3. The van der Waals surface area contributed by atoms with E-state index in [-0.39, 0.29) is 5.92 Å². The lowest BCUT2D eigenvalue weighted by atomic mass is 10.0. The smallest absolute Gasteiger partial charge is 0.326 e. The maximum Gasteiger partial charge on any atom is 0.326 e. The van der Waals surface area contributed by atoms with Gasteiger partial charge in [0.25, 0.3) is 0 Å². The largest absolute Gasteiger partial charge is 0.480 e. The van der Waals surface area contributed by atoms with Crippen LogP contribution in [0.3, 0.4) is 0 Å². The Bertz CT molecular complexity index is 301. The maximum absolute atomic E-state index is 11.7. The number of rotatable bonds is 6. The van der Waals surface area contributed by atoms with Crippen LogP contribution in [0.15, 0.2) is 0 Å². The molecule has 1 atom stereocenters. The second-order valence-corrected chi connectivity index (χ2v) is 5.43. The quantitative estimate of drug-likeness (QED) is 0.678. The van der Waals surface area contributed by atoms with Crippen molar-refractivity contribution in [3.05, 3.63) is 0 Å². The fraction of sp³-hybridized carbons (Fsp3) is 0.846. The molecule has 0 unspecified atom stereocenters. The van der Waals surface area contributed by atoms with E-state index in [4.69, 9.17) is 9.84 Å². The van der Waals surface area contributed by atoms with Crippen LogP contribution >= 0.6 is 0 Å². The fourth-order valence-electron chi connectivity index (χ4n) is 2.09. The SMILES string of the molecule is CC(C)C[C@@H](NC(=O)NCC1CCOCC1)C(=O)O. The standard InChI is InChI=1S/C13H24N2O4/c1-9(2)7-11(12(16)17)15-13(18)14-8-10-3-5-19-6-4-10/h9-11H,3-8H2,1-2H3,(H,16,17)(H2,14,15,18)/t11-/m1/s1. The molecule has 1 fully saturated rings. The molecule has 2 amide bonds. The number of urea groups is 1. The van der Waals surface area contributed by atoms with Gasteiger partial charge < -0.3 is 20.5 Å². The molecule has 1 rings (SSSR count). The minimum Gasteiger partial charge on any atom is -0.480 e. The van der Waals surface area contributed by atoms with Gasteiger partial charge in [-0.15, -0.1) is 0 Å². The van der Waals surface area contributed by atoms with Gasteiger partial charge in [-0.2, -0.15) is 0 Å². The molecule has 0 spiro atoms. The van der Waals surface area contributed by atoms with Crippen molar-refractivity contribution < 1.29 is 19.4 Å². The molecule has 0 aromatic heterocycles. The number of amides is 2. The van der Waals surface area contributed by atoms with E-state index in [2.05, 4.69) is 10.6 Å². The highest BCUT2D eigenvalue weighted by molar-refractivity contribution is 5.82. The molecule has 0 aromatic carbocycles. The molecule has 0 saturated carbocycles. The van der Waals surface area contributed by atoms with Crippen molar-refractivity contribution >= 4 is 12.0 Å². The van der Waals surface area contributed by atoms with Crippen molar-refractivity contribution in [2.45, 2.75) is 39.2 Å². The number of carboxylic acid groups (broad SMARTS) is 1. The average molecular weight is 272 g/mol. The second kappa shape index (κ2) is 7.99. The van der Waals surface area contributed by atoms with Gasteiger partial charge in [-0.3, -0.25) is 0 Å². The van der Waals surface area contributed by atoms with E-state index in [0.717, 1.165) is 26.1 Å². The summed E-state index contributed by atoms with van der Waals surface area (Å²) in [6.07, 6.45) is 2.31. The third-order valence-electron chi connectivity index (χ3n) is 3.20. The first kappa shape index (κ1) is 15.8. The van der Waals surface area contributed by atoms with Crippen LogP contribution in [0.25, 0.3) is 0 Å². The Balaban J connectivity index is 2.29. The Hall–Kier alpha value is -1.30. The summed E-state index contributed by atoms with van der Waals surface area (Å²) in [5, 5.41) is 14.3. The van der Waals surface area contributed by atoms with Gasteiger partial charge in [0.1, 0.15) is 6.04 Å². The number of carbonyl (C=O) groups is 2. The van der Waals surface area contributed by atoms with Gasteiger partial charge in [-0.25, -0.2) is 9.59 Å². The fourth-order valence-corrected chi connectivity index (χ4v) is 2.09. The second-order valence-electron chi connectivity index (χ2n) is 5.43. The Kier molecular flexibility index (Phi) is 6.62. The molecule has 0 aromatic rings. The number of hydrogen-bond donors (Lipinski definition) is 3. The first-order valence-electron chi connectivity index (χ1n) is 6.84. The monoisotopic (exact) mass is 272 g/mol. The van der Waals surface area contributed by atoms with Crippen molar-refractivity contribution in [2.24, 2.45) is 11.8 Å². The topological polar surface area (TPSA) is 87.7 Å². The van der Waals surface area contributed by atoms with E-state index in [0.29, 0.717) is 18.9 Å². The molecule has 1 aliphatic heterocycles. The molecule has 6 heteroatoms. The molecule has 19 heavy (non-hydrogen) atoms. The summed E-state index contributed by atoms with van der Waals surface area (Å²) in [5.74, 6) is -0.348. The Morgan fingerprint density at radius 2 is 1.95 bits per heavy atom. The van der Waals surface area contributed by atoms with Crippen molar-refractivity contribution in [2.75, 3.05) is 19.8 Å². The third-order valence-corrected chi connectivity index (χ3v) is 3.20. The Labute approximate surface area is 113 Å². The van der Waals surface area contributed by atoms with Crippen molar-refractivity contribution in [3.63, 3.8) is 0 Å². The van der Waals surface area contributed by atoms with Gasteiger partial charge in [-0.1, -0.05) is 13.8 Å². The van der Waals surface area contributed by atoms with Crippen LogP contribution in [-0.4, -0.2) is 42.9 Å². The number of ether oxygens (including phenoxy) is 1. The number of carboxylic acids is 1. The van der Waals surface area contributed by atoms with Crippen molar-refractivity contribution in [1.29, 1.82) is 0 Å². The highest BCUT2D eigenvalue weighted by Gasteiger charge is 2.21. The number of carbonyl (C=O) groups excluding carboxylic acids is 1. The van der Waals surface area contributed by atoms with Crippen LogP contribution < -0.4 is 10.6 Å². The minimum atomic E-state index is -0.991. The molecular weight excluding hydrogens is 248 g/mol. The summed E-state index contributed by atoms with van der Waals surface area (Å²) in [6, 6.07) is -1.23. The zero-order valence-electron chi connectivity index (χ0n) is 11.6. The van der Waals surface area contributed by atoms with Gasteiger partial charge in [0, 0.05) is 19.8 Å². The van der Waals surface area contributed by atoms with Gasteiger partial charge >= 0.3 is 12.0 Å². The van der Waals surface area contributed by atoms with Gasteiger partial charge in [-0.05, 0) is 31.1 Å². The lowest BCUT2D eigenvalue weighted by molar-refractivity contribution is -0.139. The summed E-state index contributed by atoms with van der Waals surface area (Å²) in [5.41, 5.74) is 0. The first-order chi connectivity index (χ1) is 8.99. The lowest BCUT2D eigenvalue weighted by Crippen LogP contribution is -2.47. The zero-order valence-corrected chi connectivity index (χ0v) is 11.6. The molecular formula is C13H24N2O4. The van der Waals surface area contributed by atoms with Crippen LogP contribution in [0.1, 0.15) is 33.1 Å². The van der Waals surface area contributed by atoms with Gasteiger partial charge in [0.2, 0.25) is 0 Å².